The molecule has 0 fully saturated rings. The van der Waals surface area contributed by atoms with Crippen LogP contribution in [0.1, 0.15) is 12.8 Å². The molecule has 0 bridgehead atoms. The maximum absolute atomic E-state index is 10.8. The molecule has 0 aliphatic heterocycles. The number of aliphatic carboxylic acids is 1. The minimum atomic E-state index is -2.38. The Kier molecular flexibility index (Phi) is 1.78. The first-order chi connectivity index (χ1) is 5.07. The van der Waals surface area contributed by atoms with Gasteiger partial charge in [0, 0.05) is 6.42 Å². The molecule has 0 spiro atoms. The number of rotatable bonds is 1. The summed E-state index contributed by atoms with van der Waals surface area (Å²) >= 11 is 0. The normalized spacial score (nSPS) is 30.5. The fraction of sp³-hybridized carbons (Fsp3) is 0.429. The molecule has 0 aromatic heterocycles. The second-order valence-corrected chi connectivity index (χ2v) is 2.42. The summed E-state index contributed by atoms with van der Waals surface area (Å²) in [6.45, 7) is 0. The third kappa shape index (κ3) is 1.17. The second kappa shape index (κ2) is 2.47. The van der Waals surface area contributed by atoms with Crippen molar-refractivity contribution in [3.63, 3.8) is 0 Å². The topological polar surface area (TPSA) is 77.4 Å². The number of hydrogen-bond acceptors (Lipinski definition) is 4. The number of carboxylic acids is 1. The van der Waals surface area contributed by atoms with Gasteiger partial charge in [0.15, 0.2) is 11.4 Å². The van der Waals surface area contributed by atoms with E-state index in [9.17, 15) is 14.7 Å². The summed E-state index contributed by atoms with van der Waals surface area (Å²) in [7, 11) is 0. The van der Waals surface area contributed by atoms with Crippen molar-refractivity contribution in [3.05, 3.63) is 12.2 Å². The van der Waals surface area contributed by atoms with Gasteiger partial charge < -0.3 is 15.0 Å². The minimum Gasteiger partial charge on any atom is -0.546 e. The maximum Gasteiger partial charge on any atom is 0.181 e. The van der Waals surface area contributed by atoms with E-state index in [-0.39, 0.29) is 6.42 Å². The van der Waals surface area contributed by atoms with E-state index in [0.717, 1.165) is 6.08 Å². The standard InChI is InChI=1S/C7H8O4/c8-5-3-1-2-4-7(5,11)6(9)10/h2,4,11H,1,3H2,(H,9,10)/p-1. The third-order valence-corrected chi connectivity index (χ3v) is 1.63. The van der Waals surface area contributed by atoms with Gasteiger partial charge in [-0.25, -0.2) is 0 Å². The molecule has 1 atom stereocenters. The number of carboxylic acid groups (broad SMARTS) is 1. The van der Waals surface area contributed by atoms with Gasteiger partial charge in [-0.3, -0.25) is 4.79 Å². The van der Waals surface area contributed by atoms with Crippen molar-refractivity contribution < 1.29 is 19.8 Å². The van der Waals surface area contributed by atoms with Gasteiger partial charge in [-0.1, -0.05) is 6.08 Å². The zero-order valence-electron chi connectivity index (χ0n) is 5.74. The number of carbonyl (C=O) groups is 2. The highest BCUT2D eigenvalue weighted by molar-refractivity contribution is 6.08. The van der Waals surface area contributed by atoms with Crippen LogP contribution in [-0.2, 0) is 9.59 Å². The van der Waals surface area contributed by atoms with Gasteiger partial charge in [0.2, 0.25) is 0 Å². The average molecular weight is 155 g/mol. The van der Waals surface area contributed by atoms with Crippen LogP contribution in [0, 0.1) is 0 Å². The Morgan fingerprint density at radius 1 is 1.73 bits per heavy atom. The molecule has 0 saturated carbocycles. The van der Waals surface area contributed by atoms with E-state index in [1.165, 1.54) is 6.08 Å². The molecule has 4 heteroatoms. The Morgan fingerprint density at radius 3 is 2.73 bits per heavy atom. The van der Waals surface area contributed by atoms with Crippen molar-refractivity contribution in [2.45, 2.75) is 18.4 Å². The van der Waals surface area contributed by atoms with E-state index in [2.05, 4.69) is 0 Å². The fourth-order valence-corrected chi connectivity index (χ4v) is 0.934. The van der Waals surface area contributed by atoms with Gasteiger partial charge in [-0.2, -0.15) is 0 Å². The van der Waals surface area contributed by atoms with Crippen molar-refractivity contribution in [2.75, 3.05) is 0 Å². The zero-order chi connectivity index (χ0) is 8.48. The second-order valence-electron chi connectivity index (χ2n) is 2.42. The van der Waals surface area contributed by atoms with E-state index >= 15 is 0 Å². The highest BCUT2D eigenvalue weighted by Gasteiger charge is 2.35. The van der Waals surface area contributed by atoms with Gasteiger partial charge in [0.1, 0.15) is 0 Å². The van der Waals surface area contributed by atoms with E-state index in [4.69, 9.17) is 5.11 Å². The highest BCUT2D eigenvalue weighted by Crippen LogP contribution is 2.17. The van der Waals surface area contributed by atoms with Crippen LogP contribution in [-0.4, -0.2) is 22.5 Å². The van der Waals surface area contributed by atoms with Crippen LogP contribution < -0.4 is 5.11 Å². The summed E-state index contributed by atoms with van der Waals surface area (Å²) < 4.78 is 0. The van der Waals surface area contributed by atoms with E-state index in [1.54, 1.807) is 0 Å². The van der Waals surface area contributed by atoms with Crippen LogP contribution in [0.4, 0.5) is 0 Å². The molecule has 0 aromatic rings. The largest absolute Gasteiger partial charge is 0.546 e. The first kappa shape index (κ1) is 7.94. The molecule has 0 radical (unpaired) electrons. The van der Waals surface area contributed by atoms with Crippen molar-refractivity contribution in [2.24, 2.45) is 0 Å². The smallest absolute Gasteiger partial charge is 0.181 e. The Morgan fingerprint density at radius 2 is 2.36 bits per heavy atom. The predicted molar refractivity (Wildman–Crippen MR) is 33.3 cm³/mol. The molecule has 1 unspecified atom stereocenters. The Labute approximate surface area is 63.1 Å². The zero-order valence-corrected chi connectivity index (χ0v) is 5.74. The molecule has 0 saturated heterocycles. The molecule has 0 heterocycles. The van der Waals surface area contributed by atoms with Crippen LogP contribution in [0.15, 0.2) is 12.2 Å². The number of aliphatic hydroxyl groups is 1. The number of carbonyl (C=O) groups excluding carboxylic acids is 2. The molecule has 1 aliphatic rings. The summed E-state index contributed by atoms with van der Waals surface area (Å²) in [6, 6.07) is 0. The van der Waals surface area contributed by atoms with Crippen molar-refractivity contribution in [1.82, 2.24) is 0 Å². The lowest BCUT2D eigenvalue weighted by molar-refractivity contribution is -0.318. The third-order valence-electron chi connectivity index (χ3n) is 1.63. The number of ketones is 1. The van der Waals surface area contributed by atoms with Gasteiger partial charge in [-0.05, 0) is 12.5 Å². The Hall–Kier alpha value is -1.16. The highest BCUT2D eigenvalue weighted by atomic mass is 16.4. The van der Waals surface area contributed by atoms with Crippen molar-refractivity contribution in [1.29, 1.82) is 0 Å². The summed E-state index contributed by atoms with van der Waals surface area (Å²) in [5, 5.41) is 19.4. The molecular formula is C7H7O4-. The van der Waals surface area contributed by atoms with Gasteiger partial charge in [-0.15, -0.1) is 0 Å². The molecule has 4 nitrogen and oxygen atoms in total. The van der Waals surface area contributed by atoms with Crippen molar-refractivity contribution in [3.8, 4) is 0 Å². The van der Waals surface area contributed by atoms with Crippen molar-refractivity contribution >= 4 is 11.8 Å². The monoisotopic (exact) mass is 155 g/mol. The van der Waals surface area contributed by atoms with Crippen LogP contribution >= 0.6 is 0 Å². The molecule has 1 aliphatic carbocycles. The number of allylic oxidation sites excluding steroid dienone is 1. The number of hydrogen-bond donors (Lipinski definition) is 1. The van der Waals surface area contributed by atoms with Crippen LogP contribution in [0.25, 0.3) is 0 Å². The van der Waals surface area contributed by atoms with Crippen LogP contribution in [0.3, 0.4) is 0 Å². The minimum absolute atomic E-state index is 0.0565. The maximum atomic E-state index is 10.8. The Balaban J connectivity index is 2.98. The SMILES string of the molecule is O=C([O-])C1(O)C=CCCC1=O. The first-order valence-corrected chi connectivity index (χ1v) is 3.22. The molecule has 1 rings (SSSR count). The van der Waals surface area contributed by atoms with Gasteiger partial charge in [0.05, 0.1) is 5.97 Å². The lowest BCUT2D eigenvalue weighted by Gasteiger charge is -2.26. The Bertz CT molecular complexity index is 231. The van der Waals surface area contributed by atoms with Gasteiger partial charge >= 0.3 is 0 Å². The van der Waals surface area contributed by atoms with Crippen LogP contribution in [0.5, 0.6) is 0 Å². The summed E-state index contributed by atoms with van der Waals surface area (Å²) in [4.78, 5) is 21.1. The first-order valence-electron chi connectivity index (χ1n) is 3.22. The quantitative estimate of drug-likeness (QED) is 0.365. The van der Waals surface area contributed by atoms with Crippen LogP contribution in [0.2, 0.25) is 0 Å². The molecule has 11 heavy (non-hydrogen) atoms. The summed E-state index contributed by atoms with van der Waals surface area (Å²) in [6.07, 6.45) is 2.96. The number of Topliss-reactive ketones (excluding diaryl/α,β-unsaturated/α-hetero) is 1. The van der Waals surface area contributed by atoms with E-state index in [1.807, 2.05) is 0 Å². The van der Waals surface area contributed by atoms with Gasteiger partial charge in [0.25, 0.3) is 0 Å². The van der Waals surface area contributed by atoms with E-state index in [0.29, 0.717) is 6.42 Å². The molecule has 1 N–H and O–H groups in total. The lowest BCUT2D eigenvalue weighted by atomic mass is 9.90. The summed E-state index contributed by atoms with van der Waals surface area (Å²) in [5.41, 5.74) is -2.38. The molecule has 0 amide bonds. The molecular weight excluding hydrogens is 148 g/mol. The predicted octanol–water partition coefficient (Wildman–Crippen LogP) is -1.61. The van der Waals surface area contributed by atoms with E-state index < -0.39 is 17.4 Å². The lowest BCUT2D eigenvalue weighted by Crippen LogP contribution is -2.53. The summed E-state index contributed by atoms with van der Waals surface area (Å²) in [5.74, 6) is -2.46. The fourth-order valence-electron chi connectivity index (χ4n) is 0.934. The molecule has 60 valence electrons. The molecule has 0 aromatic carbocycles. The average Bonchev–Trinajstić information content (AvgIpc) is 1.95.